The van der Waals surface area contributed by atoms with Gasteiger partial charge in [-0.3, -0.25) is 14.4 Å². The van der Waals surface area contributed by atoms with Crippen LogP contribution in [0.25, 0.3) is 0 Å². The zero-order valence-corrected chi connectivity index (χ0v) is 45.9. The van der Waals surface area contributed by atoms with Gasteiger partial charge in [-0.2, -0.15) is 0 Å². The lowest BCUT2D eigenvalue weighted by Crippen LogP contribution is -2.61. The number of rotatable bonds is 48. The molecule has 73 heavy (non-hydrogen) atoms. The van der Waals surface area contributed by atoms with Gasteiger partial charge in [-0.05, 0) is 89.9 Å². The number of ether oxygens (including phenoxy) is 5. The summed E-state index contributed by atoms with van der Waals surface area (Å²) < 4.78 is 28.3. The number of carboxylic acid groups (broad SMARTS) is 1. The summed E-state index contributed by atoms with van der Waals surface area (Å²) in [5, 5.41) is 31.4. The van der Waals surface area contributed by atoms with E-state index in [1.807, 2.05) is 0 Å². The minimum Gasteiger partial charge on any atom is -0.479 e. The average molecular weight is 1030 g/mol. The Labute approximate surface area is 442 Å². The molecule has 0 aromatic rings. The summed E-state index contributed by atoms with van der Waals surface area (Å²) in [4.78, 5) is 51.0. The molecular formula is C61H102O12. The molecule has 1 saturated heterocycles. The van der Waals surface area contributed by atoms with E-state index in [1.54, 1.807) is 0 Å². The topological polar surface area (TPSA) is 175 Å². The number of carboxylic acids is 1. The summed E-state index contributed by atoms with van der Waals surface area (Å²) in [7, 11) is 0. The SMILES string of the molecule is CC/C=C\C/C=C\C/C=C\C/C=C\CCCCCCC(=O)OCC(COC1OC(C(=O)O)C(O)C(O)C1OC(=O)CCCCCCCCC/C=C\C/C=C\CCCCC)OC(=O)CCCCCCCCCCC. The highest BCUT2D eigenvalue weighted by atomic mass is 16.7. The van der Waals surface area contributed by atoms with E-state index >= 15 is 0 Å². The first-order valence-electron chi connectivity index (χ1n) is 28.9. The third kappa shape index (κ3) is 39.3. The van der Waals surface area contributed by atoms with Gasteiger partial charge in [0.1, 0.15) is 18.8 Å². The smallest absolute Gasteiger partial charge is 0.335 e. The second-order valence-electron chi connectivity index (χ2n) is 19.5. The summed E-state index contributed by atoms with van der Waals surface area (Å²) in [6, 6.07) is 0. The lowest BCUT2D eigenvalue weighted by molar-refractivity contribution is -0.301. The first kappa shape index (κ1) is 67.2. The summed E-state index contributed by atoms with van der Waals surface area (Å²) in [5.41, 5.74) is 0. The van der Waals surface area contributed by atoms with Crippen LogP contribution in [-0.4, -0.2) is 89.2 Å². The van der Waals surface area contributed by atoms with E-state index in [1.165, 1.54) is 51.4 Å². The molecule has 0 spiro atoms. The van der Waals surface area contributed by atoms with Crippen LogP contribution < -0.4 is 0 Å². The molecule has 3 N–H and O–H groups in total. The molecule has 0 aromatic heterocycles. The molecule has 6 atom stereocenters. The van der Waals surface area contributed by atoms with Crippen LogP contribution in [0.15, 0.2) is 72.9 Å². The zero-order valence-electron chi connectivity index (χ0n) is 45.9. The maximum atomic E-state index is 13.1. The van der Waals surface area contributed by atoms with Gasteiger partial charge in [-0.25, -0.2) is 4.79 Å². The first-order chi connectivity index (χ1) is 35.6. The monoisotopic (exact) mass is 1030 g/mol. The highest BCUT2D eigenvalue weighted by Crippen LogP contribution is 2.26. The summed E-state index contributed by atoms with van der Waals surface area (Å²) in [6.07, 6.45) is 48.8. The normalized spacial score (nSPS) is 18.8. The van der Waals surface area contributed by atoms with E-state index in [2.05, 4.69) is 93.7 Å². The molecule has 1 aliphatic heterocycles. The second kappa shape index (κ2) is 49.1. The molecule has 1 rings (SSSR count). The maximum Gasteiger partial charge on any atom is 0.335 e. The predicted octanol–water partition coefficient (Wildman–Crippen LogP) is 14.6. The molecule has 0 bridgehead atoms. The van der Waals surface area contributed by atoms with E-state index in [4.69, 9.17) is 23.7 Å². The molecule has 0 amide bonds. The molecule has 1 heterocycles. The van der Waals surface area contributed by atoms with Crippen LogP contribution in [0.2, 0.25) is 0 Å². The van der Waals surface area contributed by atoms with Crippen molar-refractivity contribution >= 4 is 23.9 Å². The van der Waals surface area contributed by atoms with Gasteiger partial charge in [0.15, 0.2) is 24.6 Å². The largest absolute Gasteiger partial charge is 0.479 e. The number of unbranched alkanes of at least 4 members (excludes halogenated alkanes) is 22. The Hall–Kier alpha value is -3.84. The van der Waals surface area contributed by atoms with Crippen molar-refractivity contribution in [3.63, 3.8) is 0 Å². The number of hydrogen-bond donors (Lipinski definition) is 3. The zero-order chi connectivity index (χ0) is 53.3. The third-order valence-corrected chi connectivity index (χ3v) is 12.8. The summed E-state index contributed by atoms with van der Waals surface area (Å²) in [6.45, 7) is 5.80. The van der Waals surface area contributed by atoms with E-state index in [0.717, 1.165) is 128 Å². The molecule has 0 radical (unpaired) electrons. The first-order valence-corrected chi connectivity index (χ1v) is 28.9. The van der Waals surface area contributed by atoms with Crippen molar-refractivity contribution in [1.82, 2.24) is 0 Å². The number of allylic oxidation sites excluding steroid dienone is 12. The summed E-state index contributed by atoms with van der Waals surface area (Å²) in [5.74, 6) is -3.16. The molecule has 0 saturated carbocycles. The quantitative estimate of drug-likeness (QED) is 0.0228. The van der Waals surface area contributed by atoms with Crippen molar-refractivity contribution in [3.05, 3.63) is 72.9 Å². The number of esters is 3. The molecule has 418 valence electrons. The van der Waals surface area contributed by atoms with Gasteiger partial charge in [0.25, 0.3) is 0 Å². The Morgan fingerprint density at radius 2 is 0.863 bits per heavy atom. The third-order valence-electron chi connectivity index (χ3n) is 12.8. The number of aliphatic hydroxyl groups is 2. The van der Waals surface area contributed by atoms with Crippen molar-refractivity contribution < 1.29 is 58.2 Å². The van der Waals surface area contributed by atoms with Gasteiger partial charge in [-0.1, -0.05) is 203 Å². The van der Waals surface area contributed by atoms with Crippen molar-refractivity contribution in [3.8, 4) is 0 Å². The second-order valence-corrected chi connectivity index (χ2v) is 19.5. The molecule has 6 unspecified atom stereocenters. The fourth-order valence-corrected chi connectivity index (χ4v) is 8.33. The Kier molecular flexibility index (Phi) is 45.1. The molecule has 12 heteroatoms. The van der Waals surface area contributed by atoms with Gasteiger partial charge < -0.3 is 39.0 Å². The van der Waals surface area contributed by atoms with Crippen molar-refractivity contribution in [2.24, 2.45) is 0 Å². The Morgan fingerprint density at radius 1 is 0.466 bits per heavy atom. The average Bonchev–Trinajstić information content (AvgIpc) is 3.37. The van der Waals surface area contributed by atoms with Gasteiger partial charge in [0, 0.05) is 19.3 Å². The number of aliphatic hydroxyl groups excluding tert-OH is 2. The van der Waals surface area contributed by atoms with E-state index < -0.39 is 67.3 Å². The van der Waals surface area contributed by atoms with E-state index in [-0.39, 0.29) is 25.9 Å². The molecular weight excluding hydrogens is 925 g/mol. The van der Waals surface area contributed by atoms with Crippen LogP contribution >= 0.6 is 0 Å². The van der Waals surface area contributed by atoms with E-state index in [0.29, 0.717) is 19.3 Å². The fraction of sp³-hybridized carbons (Fsp3) is 0.738. The minimum absolute atomic E-state index is 0.0482. The lowest BCUT2D eigenvalue weighted by Gasteiger charge is -2.40. The molecule has 1 aliphatic rings. The highest BCUT2D eigenvalue weighted by Gasteiger charge is 2.50. The lowest BCUT2D eigenvalue weighted by atomic mass is 9.98. The van der Waals surface area contributed by atoms with Crippen LogP contribution in [0.5, 0.6) is 0 Å². The number of hydrogen-bond acceptors (Lipinski definition) is 11. The number of aliphatic carboxylic acids is 1. The predicted molar refractivity (Wildman–Crippen MR) is 294 cm³/mol. The number of carbonyl (C=O) groups excluding carboxylic acids is 3. The molecule has 12 nitrogen and oxygen atoms in total. The van der Waals surface area contributed by atoms with Gasteiger partial charge in [0.2, 0.25) is 0 Å². The van der Waals surface area contributed by atoms with E-state index in [9.17, 15) is 34.5 Å². The Balaban J connectivity index is 2.67. The van der Waals surface area contributed by atoms with Crippen LogP contribution in [0.4, 0.5) is 0 Å². The number of carbonyl (C=O) groups is 4. The molecule has 0 aromatic carbocycles. The van der Waals surface area contributed by atoms with Crippen LogP contribution in [0.3, 0.4) is 0 Å². The van der Waals surface area contributed by atoms with Crippen LogP contribution in [0.1, 0.15) is 239 Å². The van der Waals surface area contributed by atoms with Crippen LogP contribution in [-0.2, 0) is 42.9 Å². The minimum atomic E-state index is -1.91. The molecule has 1 fully saturated rings. The standard InChI is InChI=1S/C61H102O12/c1-4-7-10-13-16-19-21-23-25-27-29-31-33-36-38-41-44-47-53(62)69-50-52(71-54(63)48-45-42-39-35-18-15-12-9-6-3)51-70-61-59(57(66)56(65)58(73-61)60(67)68)72-55(64)49-46-43-40-37-34-32-30-28-26-24-22-20-17-14-11-8-5-2/h7,10,16-17,19-20,23-26,29,31,52,56-59,61,65-66H,4-6,8-9,11-15,18,21-22,27-28,30,32-51H2,1-3H3,(H,67,68)/b10-7-,19-16-,20-17-,25-23-,26-24-,31-29-. The van der Waals surface area contributed by atoms with Gasteiger partial charge >= 0.3 is 23.9 Å². The van der Waals surface area contributed by atoms with Crippen molar-refractivity contribution in [1.29, 1.82) is 0 Å². The van der Waals surface area contributed by atoms with Gasteiger partial charge in [0.05, 0.1) is 6.61 Å². The van der Waals surface area contributed by atoms with Crippen LogP contribution in [0, 0.1) is 0 Å². The summed E-state index contributed by atoms with van der Waals surface area (Å²) >= 11 is 0. The highest BCUT2D eigenvalue weighted by molar-refractivity contribution is 5.74. The Morgan fingerprint density at radius 3 is 1.34 bits per heavy atom. The van der Waals surface area contributed by atoms with Crippen molar-refractivity contribution in [2.45, 2.75) is 276 Å². The molecule has 0 aliphatic carbocycles. The van der Waals surface area contributed by atoms with Crippen molar-refractivity contribution in [2.75, 3.05) is 13.2 Å². The van der Waals surface area contributed by atoms with Gasteiger partial charge in [-0.15, -0.1) is 0 Å². The maximum absolute atomic E-state index is 13.1. The fourth-order valence-electron chi connectivity index (χ4n) is 8.33. The Bertz CT molecular complexity index is 1550.